The molecule has 2 aromatic heterocycles. The molecule has 1 aliphatic rings. The van der Waals surface area contributed by atoms with E-state index in [1.807, 2.05) is 24.3 Å². The Kier molecular flexibility index (Phi) is 5.00. The second kappa shape index (κ2) is 7.58. The molecule has 1 saturated heterocycles. The van der Waals surface area contributed by atoms with Crippen molar-refractivity contribution in [3.05, 3.63) is 52.2 Å². The minimum absolute atomic E-state index is 0.0186. The molecule has 1 aromatic carbocycles. The number of para-hydroxylation sites is 1. The maximum atomic E-state index is 13.1. The highest BCUT2D eigenvalue weighted by Gasteiger charge is 2.31. The lowest BCUT2D eigenvalue weighted by atomic mass is 10.1. The number of benzene rings is 1. The molecule has 3 heterocycles. The van der Waals surface area contributed by atoms with Crippen molar-refractivity contribution in [3.8, 4) is 0 Å². The van der Waals surface area contributed by atoms with Crippen molar-refractivity contribution in [3.63, 3.8) is 0 Å². The van der Waals surface area contributed by atoms with E-state index in [4.69, 9.17) is 14.2 Å². The fourth-order valence-electron chi connectivity index (χ4n) is 3.73. The Morgan fingerprint density at radius 2 is 2.15 bits per heavy atom. The Hall–Kier alpha value is -2.58. The molecule has 142 valence electrons. The minimum atomic E-state index is -0.0186. The Morgan fingerprint density at radius 3 is 2.93 bits per heavy atom. The van der Waals surface area contributed by atoms with E-state index in [-0.39, 0.29) is 11.6 Å². The van der Waals surface area contributed by atoms with Gasteiger partial charge in [-0.25, -0.2) is 4.98 Å². The number of rotatable bonds is 6. The van der Waals surface area contributed by atoms with Crippen molar-refractivity contribution in [1.29, 1.82) is 0 Å². The van der Waals surface area contributed by atoms with Gasteiger partial charge < -0.3 is 9.26 Å². The lowest BCUT2D eigenvalue weighted by Gasteiger charge is -2.25. The van der Waals surface area contributed by atoms with Gasteiger partial charge in [-0.15, -0.1) is 0 Å². The van der Waals surface area contributed by atoms with Gasteiger partial charge in [0.2, 0.25) is 5.89 Å². The molecule has 3 aromatic rings. The normalized spacial score (nSPS) is 17.8. The van der Waals surface area contributed by atoms with Crippen LogP contribution in [0, 0.1) is 6.92 Å². The number of nitrogens with zero attached hydrogens (tertiary/aromatic N) is 5. The number of hydrogen-bond acceptors (Lipinski definition) is 7. The first-order valence-corrected chi connectivity index (χ1v) is 9.19. The molecule has 0 radical (unpaired) electrons. The monoisotopic (exact) mass is 369 g/mol. The lowest BCUT2D eigenvalue weighted by Crippen LogP contribution is -2.33. The van der Waals surface area contributed by atoms with Crippen molar-refractivity contribution < 1.29 is 9.26 Å². The Bertz CT molecular complexity index is 996. The minimum Gasteiger partial charge on any atom is -0.383 e. The lowest BCUT2D eigenvalue weighted by molar-refractivity contribution is 0.178. The summed E-state index contributed by atoms with van der Waals surface area (Å²) < 4.78 is 12.1. The van der Waals surface area contributed by atoms with E-state index in [0.29, 0.717) is 36.8 Å². The highest BCUT2D eigenvalue weighted by molar-refractivity contribution is 5.77. The molecule has 27 heavy (non-hydrogen) atoms. The maximum Gasteiger partial charge on any atom is 0.261 e. The quantitative estimate of drug-likeness (QED) is 0.657. The zero-order valence-corrected chi connectivity index (χ0v) is 15.6. The molecule has 4 rings (SSSR count). The van der Waals surface area contributed by atoms with Crippen LogP contribution >= 0.6 is 0 Å². The summed E-state index contributed by atoms with van der Waals surface area (Å²) in [5, 5.41) is 4.65. The van der Waals surface area contributed by atoms with Gasteiger partial charge in [-0.3, -0.25) is 14.3 Å². The van der Waals surface area contributed by atoms with Gasteiger partial charge in [-0.2, -0.15) is 4.98 Å². The molecule has 8 nitrogen and oxygen atoms in total. The molecular weight excluding hydrogens is 346 g/mol. The van der Waals surface area contributed by atoms with Crippen LogP contribution in [0.3, 0.4) is 0 Å². The third-order valence-corrected chi connectivity index (χ3v) is 4.99. The van der Waals surface area contributed by atoms with Gasteiger partial charge in [-0.1, -0.05) is 17.3 Å². The van der Waals surface area contributed by atoms with E-state index in [9.17, 15) is 4.79 Å². The van der Waals surface area contributed by atoms with E-state index in [0.717, 1.165) is 30.7 Å². The number of likely N-dealkylation sites (tertiary alicyclic amines) is 1. The van der Waals surface area contributed by atoms with Crippen LogP contribution in [0.25, 0.3) is 10.9 Å². The molecule has 0 saturated carbocycles. The molecule has 1 unspecified atom stereocenters. The summed E-state index contributed by atoms with van der Waals surface area (Å²) in [6, 6.07) is 7.53. The molecule has 0 bridgehead atoms. The van der Waals surface area contributed by atoms with Crippen LogP contribution in [0.5, 0.6) is 0 Å². The first kappa shape index (κ1) is 17.8. The maximum absolute atomic E-state index is 13.1. The summed E-state index contributed by atoms with van der Waals surface area (Å²) in [5.41, 5.74) is 0.711. The fourth-order valence-corrected chi connectivity index (χ4v) is 3.73. The molecule has 1 fully saturated rings. The Balaban J connectivity index is 1.75. The number of ether oxygens (including phenoxy) is 1. The SMILES string of the molecule is COCCn1c(C2CCCN2Cc2noc(C)n2)nc2ccccc2c1=O. The van der Waals surface area contributed by atoms with Crippen LogP contribution in [-0.4, -0.2) is 44.9 Å². The van der Waals surface area contributed by atoms with Crippen molar-refractivity contribution in [2.24, 2.45) is 0 Å². The average molecular weight is 369 g/mol. The summed E-state index contributed by atoms with van der Waals surface area (Å²) in [6.45, 7) is 4.21. The van der Waals surface area contributed by atoms with Crippen molar-refractivity contribution in [2.45, 2.75) is 38.9 Å². The number of aryl methyl sites for hydroxylation is 1. The van der Waals surface area contributed by atoms with Crippen LogP contribution in [0.2, 0.25) is 0 Å². The first-order valence-electron chi connectivity index (χ1n) is 9.19. The van der Waals surface area contributed by atoms with Crippen molar-refractivity contribution >= 4 is 10.9 Å². The van der Waals surface area contributed by atoms with Gasteiger partial charge in [0.1, 0.15) is 5.82 Å². The Labute approximate surface area is 156 Å². The molecule has 8 heteroatoms. The summed E-state index contributed by atoms with van der Waals surface area (Å²) in [6.07, 6.45) is 1.98. The number of methoxy groups -OCH3 is 1. The largest absolute Gasteiger partial charge is 0.383 e. The molecule has 1 aliphatic heterocycles. The molecule has 1 atom stereocenters. The van der Waals surface area contributed by atoms with E-state index in [2.05, 4.69) is 15.0 Å². The predicted molar refractivity (Wildman–Crippen MR) is 99.3 cm³/mol. The Morgan fingerprint density at radius 1 is 1.30 bits per heavy atom. The first-order chi connectivity index (χ1) is 13.2. The van der Waals surface area contributed by atoms with Crippen LogP contribution < -0.4 is 5.56 Å². The summed E-state index contributed by atoms with van der Waals surface area (Å²) in [4.78, 5) is 24.5. The average Bonchev–Trinajstić information content (AvgIpc) is 3.30. The highest BCUT2D eigenvalue weighted by Crippen LogP contribution is 2.32. The predicted octanol–water partition coefficient (Wildman–Crippen LogP) is 2.07. The number of hydrogen-bond donors (Lipinski definition) is 0. The topological polar surface area (TPSA) is 86.3 Å². The van der Waals surface area contributed by atoms with Gasteiger partial charge in [0.15, 0.2) is 5.82 Å². The fraction of sp³-hybridized carbons (Fsp3) is 0.474. The third kappa shape index (κ3) is 3.50. The summed E-state index contributed by atoms with van der Waals surface area (Å²) >= 11 is 0. The number of fused-ring (bicyclic) bond motifs is 1. The zero-order valence-electron chi connectivity index (χ0n) is 15.6. The van der Waals surface area contributed by atoms with E-state index < -0.39 is 0 Å². The zero-order chi connectivity index (χ0) is 18.8. The molecule has 0 amide bonds. The van der Waals surface area contributed by atoms with Gasteiger partial charge in [0.25, 0.3) is 5.56 Å². The van der Waals surface area contributed by atoms with E-state index >= 15 is 0 Å². The highest BCUT2D eigenvalue weighted by atomic mass is 16.5. The van der Waals surface area contributed by atoms with Crippen LogP contribution in [0.15, 0.2) is 33.6 Å². The third-order valence-electron chi connectivity index (χ3n) is 4.99. The van der Waals surface area contributed by atoms with Gasteiger partial charge in [0, 0.05) is 14.0 Å². The van der Waals surface area contributed by atoms with Gasteiger partial charge in [0.05, 0.1) is 36.6 Å². The van der Waals surface area contributed by atoms with Crippen molar-refractivity contribution in [2.75, 3.05) is 20.3 Å². The molecule has 0 spiro atoms. The van der Waals surface area contributed by atoms with E-state index in [1.54, 1.807) is 18.6 Å². The van der Waals surface area contributed by atoms with Crippen LogP contribution in [0.4, 0.5) is 0 Å². The number of aromatic nitrogens is 4. The van der Waals surface area contributed by atoms with E-state index in [1.165, 1.54) is 0 Å². The molecular formula is C19H23N5O3. The van der Waals surface area contributed by atoms with Gasteiger partial charge >= 0.3 is 0 Å². The van der Waals surface area contributed by atoms with Crippen molar-refractivity contribution in [1.82, 2.24) is 24.6 Å². The van der Waals surface area contributed by atoms with Gasteiger partial charge in [-0.05, 0) is 31.5 Å². The van der Waals surface area contributed by atoms with Crippen LogP contribution in [0.1, 0.15) is 36.4 Å². The smallest absolute Gasteiger partial charge is 0.261 e. The molecule has 0 N–H and O–H groups in total. The summed E-state index contributed by atoms with van der Waals surface area (Å²) in [5.74, 6) is 2.00. The molecule has 0 aliphatic carbocycles. The second-order valence-electron chi connectivity index (χ2n) is 6.79. The summed E-state index contributed by atoms with van der Waals surface area (Å²) in [7, 11) is 1.64. The van der Waals surface area contributed by atoms with Crippen LogP contribution in [-0.2, 0) is 17.8 Å². The standard InChI is InChI=1S/C19H23N5O3/c1-13-20-17(22-27-13)12-23-9-5-8-16(23)18-21-15-7-4-3-6-14(15)19(25)24(18)10-11-26-2/h3-4,6-7,16H,5,8-12H2,1-2H3. The second-order valence-corrected chi connectivity index (χ2v) is 6.79.